The maximum atomic E-state index is 9.96. The first-order valence-electron chi connectivity index (χ1n) is 5.97. The van der Waals surface area contributed by atoms with Gasteiger partial charge in [0.05, 0.1) is 6.10 Å². The molecule has 1 aromatic rings. The van der Waals surface area contributed by atoms with Crippen molar-refractivity contribution in [2.24, 2.45) is 0 Å². The normalized spacial score (nSPS) is 13.0. The largest absolute Gasteiger partial charge is 0.387 e. The van der Waals surface area contributed by atoms with Crippen molar-refractivity contribution >= 4 is 11.6 Å². The van der Waals surface area contributed by atoms with E-state index in [4.69, 9.17) is 11.6 Å². The third-order valence-corrected chi connectivity index (χ3v) is 3.16. The first kappa shape index (κ1) is 14.5. The highest BCUT2D eigenvalue weighted by Crippen LogP contribution is 2.21. The van der Waals surface area contributed by atoms with Gasteiger partial charge in [0, 0.05) is 30.2 Å². The molecule has 0 saturated heterocycles. The van der Waals surface area contributed by atoms with Gasteiger partial charge in [0.2, 0.25) is 0 Å². The Bertz CT molecular complexity index is 333. The zero-order valence-corrected chi connectivity index (χ0v) is 11.2. The van der Waals surface area contributed by atoms with Crippen molar-refractivity contribution in [3.05, 3.63) is 34.9 Å². The lowest BCUT2D eigenvalue weighted by atomic mass is 10.1. The summed E-state index contributed by atoms with van der Waals surface area (Å²) in [5, 5.41) is 13.8. The molecule has 0 heterocycles. The van der Waals surface area contributed by atoms with Crippen LogP contribution in [-0.4, -0.2) is 43.2 Å². The minimum Gasteiger partial charge on any atom is -0.387 e. The second kappa shape index (κ2) is 7.67. The van der Waals surface area contributed by atoms with E-state index in [1.54, 1.807) is 6.07 Å². The van der Waals surface area contributed by atoms with Gasteiger partial charge < -0.3 is 15.3 Å². The van der Waals surface area contributed by atoms with Crippen LogP contribution in [0.5, 0.6) is 0 Å². The van der Waals surface area contributed by atoms with Gasteiger partial charge in [0.25, 0.3) is 0 Å². The van der Waals surface area contributed by atoms with Gasteiger partial charge in [-0.2, -0.15) is 0 Å². The summed E-state index contributed by atoms with van der Waals surface area (Å²) in [5.41, 5.74) is 0.783. The Morgan fingerprint density at radius 1 is 1.41 bits per heavy atom. The molecule has 0 fully saturated rings. The van der Waals surface area contributed by atoms with E-state index in [1.165, 1.54) is 0 Å². The smallest absolute Gasteiger partial charge is 0.0928 e. The van der Waals surface area contributed by atoms with Gasteiger partial charge in [-0.1, -0.05) is 36.7 Å². The summed E-state index contributed by atoms with van der Waals surface area (Å²) in [6.07, 6.45) is -0.546. The number of rotatable bonds is 7. The van der Waals surface area contributed by atoms with Crippen LogP contribution in [-0.2, 0) is 0 Å². The summed E-state index contributed by atoms with van der Waals surface area (Å²) in [6.45, 7) is 5.53. The Morgan fingerprint density at radius 2 is 2.12 bits per heavy atom. The highest BCUT2D eigenvalue weighted by molar-refractivity contribution is 6.31. The summed E-state index contributed by atoms with van der Waals surface area (Å²) in [7, 11) is 2.08. The van der Waals surface area contributed by atoms with Crippen LogP contribution in [0.4, 0.5) is 0 Å². The average molecular weight is 257 g/mol. The van der Waals surface area contributed by atoms with Crippen LogP contribution in [0.2, 0.25) is 5.02 Å². The van der Waals surface area contributed by atoms with Crippen molar-refractivity contribution < 1.29 is 5.11 Å². The van der Waals surface area contributed by atoms with E-state index >= 15 is 0 Å². The van der Waals surface area contributed by atoms with Gasteiger partial charge in [0.1, 0.15) is 0 Å². The fourth-order valence-corrected chi connectivity index (χ4v) is 1.78. The van der Waals surface area contributed by atoms with Crippen molar-refractivity contribution in [1.82, 2.24) is 10.2 Å². The van der Waals surface area contributed by atoms with E-state index in [9.17, 15) is 5.11 Å². The summed E-state index contributed by atoms with van der Waals surface area (Å²) in [5.74, 6) is 0. The van der Waals surface area contributed by atoms with Gasteiger partial charge in [-0.15, -0.1) is 0 Å². The first-order valence-corrected chi connectivity index (χ1v) is 6.34. The molecule has 0 aliphatic heterocycles. The number of nitrogens with zero attached hydrogens (tertiary/aromatic N) is 1. The molecule has 3 nitrogen and oxygen atoms in total. The van der Waals surface area contributed by atoms with Crippen molar-refractivity contribution in [3.63, 3.8) is 0 Å². The number of hydrogen-bond acceptors (Lipinski definition) is 3. The molecule has 96 valence electrons. The van der Waals surface area contributed by atoms with Crippen LogP contribution in [0, 0.1) is 0 Å². The fraction of sp³-hybridized carbons (Fsp3) is 0.538. The molecule has 1 atom stereocenters. The summed E-state index contributed by atoms with van der Waals surface area (Å²) < 4.78 is 0. The minimum atomic E-state index is -0.546. The fourth-order valence-electron chi connectivity index (χ4n) is 1.52. The van der Waals surface area contributed by atoms with E-state index in [0.29, 0.717) is 11.6 Å². The summed E-state index contributed by atoms with van der Waals surface area (Å²) in [4.78, 5) is 2.22. The quantitative estimate of drug-likeness (QED) is 0.732. The molecule has 0 amide bonds. The third kappa shape index (κ3) is 5.04. The third-order valence-electron chi connectivity index (χ3n) is 2.81. The molecule has 0 bridgehead atoms. The zero-order chi connectivity index (χ0) is 12.7. The lowest BCUT2D eigenvalue weighted by Crippen LogP contribution is -2.31. The molecule has 0 radical (unpaired) electrons. The topological polar surface area (TPSA) is 35.5 Å². The van der Waals surface area contributed by atoms with Crippen molar-refractivity contribution in [1.29, 1.82) is 0 Å². The molecule has 4 heteroatoms. The van der Waals surface area contributed by atoms with E-state index in [-0.39, 0.29) is 0 Å². The number of halogens is 1. The van der Waals surface area contributed by atoms with Gasteiger partial charge in [-0.3, -0.25) is 0 Å². The summed E-state index contributed by atoms with van der Waals surface area (Å²) >= 11 is 6.01. The van der Waals surface area contributed by atoms with Crippen LogP contribution in [0.1, 0.15) is 18.6 Å². The average Bonchev–Trinajstić information content (AvgIpc) is 2.34. The van der Waals surface area contributed by atoms with Crippen LogP contribution in [0.3, 0.4) is 0 Å². The predicted octanol–water partition coefficient (Wildman–Crippen LogP) is 1.91. The predicted molar refractivity (Wildman–Crippen MR) is 72.5 cm³/mol. The van der Waals surface area contributed by atoms with Crippen LogP contribution >= 0.6 is 11.6 Å². The van der Waals surface area contributed by atoms with Crippen molar-refractivity contribution in [3.8, 4) is 0 Å². The molecule has 0 aromatic heterocycles. The second-order valence-corrected chi connectivity index (χ2v) is 4.54. The van der Waals surface area contributed by atoms with Crippen LogP contribution < -0.4 is 5.32 Å². The Kier molecular flexibility index (Phi) is 6.52. The number of hydrogen-bond donors (Lipinski definition) is 2. The Morgan fingerprint density at radius 3 is 2.76 bits per heavy atom. The van der Waals surface area contributed by atoms with Gasteiger partial charge in [-0.25, -0.2) is 0 Å². The lowest BCUT2D eigenvalue weighted by molar-refractivity contribution is 0.173. The molecule has 0 aliphatic carbocycles. The molecule has 2 N–H and O–H groups in total. The van der Waals surface area contributed by atoms with E-state index in [0.717, 1.165) is 25.2 Å². The molecule has 1 rings (SSSR count). The molecule has 1 unspecified atom stereocenters. The van der Waals surface area contributed by atoms with E-state index in [1.807, 2.05) is 18.2 Å². The highest BCUT2D eigenvalue weighted by Gasteiger charge is 2.09. The second-order valence-electron chi connectivity index (χ2n) is 4.14. The maximum Gasteiger partial charge on any atom is 0.0928 e. The standard InChI is InChI=1S/C13H21ClN2O/c1-3-16(2)9-8-15-10-13(17)11-6-4-5-7-12(11)14/h4-7,13,15,17H,3,8-10H2,1-2H3. The van der Waals surface area contributed by atoms with Crippen LogP contribution in [0.25, 0.3) is 0 Å². The van der Waals surface area contributed by atoms with Gasteiger partial charge in [-0.05, 0) is 19.7 Å². The molecule has 0 saturated carbocycles. The minimum absolute atomic E-state index is 0.529. The first-order chi connectivity index (χ1) is 8.15. The number of aliphatic hydroxyl groups is 1. The van der Waals surface area contributed by atoms with Crippen LogP contribution in [0.15, 0.2) is 24.3 Å². The van der Waals surface area contributed by atoms with Gasteiger partial charge in [0.15, 0.2) is 0 Å². The molecule has 0 aliphatic rings. The lowest BCUT2D eigenvalue weighted by Gasteiger charge is -2.16. The monoisotopic (exact) mass is 256 g/mol. The number of benzene rings is 1. The number of aliphatic hydroxyl groups excluding tert-OH is 1. The maximum absolute atomic E-state index is 9.96. The van der Waals surface area contributed by atoms with Crippen molar-refractivity contribution in [2.75, 3.05) is 33.2 Å². The van der Waals surface area contributed by atoms with Crippen molar-refractivity contribution in [2.45, 2.75) is 13.0 Å². The summed E-state index contributed by atoms with van der Waals surface area (Å²) in [6, 6.07) is 7.40. The molecule has 0 spiro atoms. The molecule has 1 aromatic carbocycles. The Balaban J connectivity index is 2.30. The Hall–Kier alpha value is -0.610. The zero-order valence-electron chi connectivity index (χ0n) is 10.5. The SMILES string of the molecule is CCN(C)CCNCC(O)c1ccccc1Cl. The van der Waals surface area contributed by atoms with E-state index in [2.05, 4.69) is 24.2 Å². The molecular weight excluding hydrogens is 236 g/mol. The number of nitrogens with one attached hydrogen (secondary N) is 1. The molecule has 17 heavy (non-hydrogen) atoms. The molecular formula is C13H21ClN2O. The van der Waals surface area contributed by atoms with E-state index < -0.39 is 6.10 Å². The highest BCUT2D eigenvalue weighted by atomic mass is 35.5. The number of likely N-dealkylation sites (N-methyl/N-ethyl adjacent to an activating group) is 1. The Labute approximate surface area is 108 Å². The van der Waals surface area contributed by atoms with Gasteiger partial charge >= 0.3 is 0 Å².